The fourth-order valence-corrected chi connectivity index (χ4v) is 2.70. The van der Waals surface area contributed by atoms with Crippen LogP contribution < -0.4 is 0 Å². The molecule has 1 N–H and O–H groups in total. The molecule has 0 saturated carbocycles. The van der Waals surface area contributed by atoms with E-state index in [4.69, 9.17) is 9.52 Å². The number of ketones is 1. The van der Waals surface area contributed by atoms with E-state index in [0.29, 0.717) is 17.1 Å². The van der Waals surface area contributed by atoms with Crippen LogP contribution in [0.2, 0.25) is 0 Å². The third-order valence-corrected chi connectivity index (χ3v) is 4.19. The molecular formula is C21H15F3O4. The maximum absolute atomic E-state index is 12.6. The number of rotatable bonds is 6. The Morgan fingerprint density at radius 2 is 1.64 bits per heavy atom. The number of halogens is 3. The number of alkyl halides is 3. The van der Waals surface area contributed by atoms with Crippen molar-refractivity contribution in [2.45, 2.75) is 19.0 Å². The fourth-order valence-electron chi connectivity index (χ4n) is 2.70. The third kappa shape index (κ3) is 4.49. The zero-order chi connectivity index (χ0) is 20.3. The quantitative estimate of drug-likeness (QED) is 0.568. The molecule has 0 aliphatic rings. The number of carboxylic acid groups (broad SMARTS) is 1. The minimum atomic E-state index is -4.44. The van der Waals surface area contributed by atoms with Gasteiger partial charge >= 0.3 is 12.1 Å². The highest BCUT2D eigenvalue weighted by atomic mass is 19.4. The summed E-state index contributed by atoms with van der Waals surface area (Å²) in [6.07, 6.45) is -4.09. The molecule has 3 aromatic rings. The van der Waals surface area contributed by atoms with Gasteiger partial charge in [0.05, 0.1) is 11.1 Å². The van der Waals surface area contributed by atoms with Gasteiger partial charge in [-0.05, 0) is 36.4 Å². The molecule has 0 aliphatic carbocycles. The minimum absolute atomic E-state index is 0.0769. The maximum Gasteiger partial charge on any atom is 0.416 e. The van der Waals surface area contributed by atoms with Crippen LogP contribution in [0, 0.1) is 0 Å². The lowest BCUT2D eigenvalue weighted by atomic mass is 10.0. The number of furan rings is 1. The molecule has 0 bridgehead atoms. The summed E-state index contributed by atoms with van der Waals surface area (Å²) in [7, 11) is 0. The molecule has 144 valence electrons. The van der Waals surface area contributed by atoms with Crippen molar-refractivity contribution in [2.75, 3.05) is 0 Å². The van der Waals surface area contributed by atoms with Crippen molar-refractivity contribution in [3.8, 4) is 11.3 Å². The molecule has 0 saturated heterocycles. The summed E-state index contributed by atoms with van der Waals surface area (Å²) in [5.74, 6) is -0.341. The Balaban J connectivity index is 1.65. The van der Waals surface area contributed by atoms with Crippen molar-refractivity contribution in [3.63, 3.8) is 0 Å². The Morgan fingerprint density at radius 1 is 0.929 bits per heavy atom. The van der Waals surface area contributed by atoms with Gasteiger partial charge in [0.2, 0.25) is 0 Å². The van der Waals surface area contributed by atoms with Gasteiger partial charge < -0.3 is 9.52 Å². The second-order valence-corrected chi connectivity index (χ2v) is 6.15. The van der Waals surface area contributed by atoms with Crippen LogP contribution in [0.4, 0.5) is 13.2 Å². The molecule has 2 aromatic carbocycles. The monoisotopic (exact) mass is 388 g/mol. The number of hydrogen-bond donors (Lipinski definition) is 1. The number of carbonyl (C=O) groups excluding carboxylic acids is 1. The molecule has 7 heteroatoms. The highest BCUT2D eigenvalue weighted by Gasteiger charge is 2.30. The van der Waals surface area contributed by atoms with Crippen LogP contribution >= 0.6 is 0 Å². The first-order valence-electron chi connectivity index (χ1n) is 8.37. The maximum atomic E-state index is 12.6. The average molecular weight is 388 g/mol. The lowest BCUT2D eigenvalue weighted by Gasteiger charge is -2.07. The molecule has 1 aromatic heterocycles. The number of Topliss-reactive ketones (excluding diaryl/α,β-unsaturated/α-hetero) is 1. The van der Waals surface area contributed by atoms with Crippen LogP contribution in [0.3, 0.4) is 0 Å². The number of aromatic carboxylic acids is 1. The molecule has 3 rings (SSSR count). The van der Waals surface area contributed by atoms with E-state index in [2.05, 4.69) is 0 Å². The van der Waals surface area contributed by atoms with Crippen LogP contribution in [0.5, 0.6) is 0 Å². The minimum Gasteiger partial charge on any atom is -0.478 e. The lowest BCUT2D eigenvalue weighted by molar-refractivity contribution is -0.137. The van der Waals surface area contributed by atoms with Crippen molar-refractivity contribution >= 4 is 11.8 Å². The first-order valence-corrected chi connectivity index (χ1v) is 8.37. The van der Waals surface area contributed by atoms with Crippen molar-refractivity contribution in [3.05, 3.63) is 83.1 Å². The molecule has 28 heavy (non-hydrogen) atoms. The zero-order valence-electron chi connectivity index (χ0n) is 14.5. The Hall–Kier alpha value is -3.35. The van der Waals surface area contributed by atoms with Gasteiger partial charge in [0.15, 0.2) is 5.78 Å². The van der Waals surface area contributed by atoms with Crippen molar-refractivity contribution in [1.29, 1.82) is 0 Å². The molecule has 0 radical (unpaired) electrons. The molecule has 0 aliphatic heterocycles. The molecule has 0 atom stereocenters. The van der Waals surface area contributed by atoms with Crippen LogP contribution in [0.25, 0.3) is 11.3 Å². The SMILES string of the molecule is O=C(O)c1cccc(-c2ccc(CCC(=O)c3ccc(C(F)(F)F)cc3)o2)c1. The van der Waals surface area contributed by atoms with E-state index >= 15 is 0 Å². The second-order valence-electron chi connectivity index (χ2n) is 6.15. The predicted molar refractivity (Wildman–Crippen MR) is 95.2 cm³/mol. The van der Waals surface area contributed by atoms with Gasteiger partial charge in [0, 0.05) is 24.0 Å². The Kier molecular flexibility index (Phi) is 5.35. The summed E-state index contributed by atoms with van der Waals surface area (Å²) in [6.45, 7) is 0. The van der Waals surface area contributed by atoms with Gasteiger partial charge in [-0.1, -0.05) is 24.3 Å². The van der Waals surface area contributed by atoms with E-state index in [9.17, 15) is 22.8 Å². The van der Waals surface area contributed by atoms with Crippen LogP contribution in [0.15, 0.2) is 65.1 Å². The number of carboxylic acids is 1. The van der Waals surface area contributed by atoms with Crippen LogP contribution in [0.1, 0.15) is 38.5 Å². The predicted octanol–water partition coefficient (Wildman–Crippen LogP) is 5.48. The van der Waals surface area contributed by atoms with E-state index < -0.39 is 17.7 Å². The summed E-state index contributed by atoms with van der Waals surface area (Å²) in [4.78, 5) is 23.2. The summed E-state index contributed by atoms with van der Waals surface area (Å²) < 4.78 is 43.4. The topological polar surface area (TPSA) is 67.5 Å². The molecule has 0 amide bonds. The van der Waals surface area contributed by atoms with Crippen molar-refractivity contribution in [1.82, 2.24) is 0 Å². The zero-order valence-corrected chi connectivity index (χ0v) is 14.5. The lowest BCUT2D eigenvalue weighted by Crippen LogP contribution is -2.06. The number of carbonyl (C=O) groups is 2. The van der Waals surface area contributed by atoms with Crippen LogP contribution in [-0.2, 0) is 12.6 Å². The van der Waals surface area contributed by atoms with E-state index in [1.807, 2.05) is 0 Å². The number of aryl methyl sites for hydroxylation is 1. The van der Waals surface area contributed by atoms with E-state index in [-0.39, 0.29) is 29.8 Å². The normalized spacial score (nSPS) is 11.4. The summed E-state index contributed by atoms with van der Waals surface area (Å²) in [5.41, 5.74) is 0.130. The van der Waals surface area contributed by atoms with Gasteiger partial charge in [-0.2, -0.15) is 13.2 Å². The second kappa shape index (κ2) is 7.72. The molecule has 0 unspecified atom stereocenters. The van der Waals surface area contributed by atoms with Gasteiger partial charge in [0.25, 0.3) is 0 Å². The molecule has 0 fully saturated rings. The van der Waals surface area contributed by atoms with E-state index in [1.165, 1.54) is 12.1 Å². The highest BCUT2D eigenvalue weighted by molar-refractivity contribution is 5.96. The fraction of sp³-hybridized carbons (Fsp3) is 0.143. The van der Waals surface area contributed by atoms with Crippen LogP contribution in [-0.4, -0.2) is 16.9 Å². The first-order chi connectivity index (χ1) is 13.2. The van der Waals surface area contributed by atoms with Gasteiger partial charge in [0.1, 0.15) is 11.5 Å². The average Bonchev–Trinajstić information content (AvgIpc) is 3.14. The largest absolute Gasteiger partial charge is 0.478 e. The van der Waals surface area contributed by atoms with Crippen molar-refractivity contribution < 1.29 is 32.3 Å². The molecule has 4 nitrogen and oxygen atoms in total. The van der Waals surface area contributed by atoms with E-state index in [1.54, 1.807) is 24.3 Å². The Bertz CT molecular complexity index is 1000. The van der Waals surface area contributed by atoms with Gasteiger partial charge in [-0.15, -0.1) is 0 Å². The number of hydrogen-bond acceptors (Lipinski definition) is 3. The molecule has 0 spiro atoms. The van der Waals surface area contributed by atoms with Gasteiger partial charge in [-0.3, -0.25) is 4.79 Å². The van der Waals surface area contributed by atoms with E-state index in [0.717, 1.165) is 24.3 Å². The number of benzene rings is 2. The third-order valence-electron chi connectivity index (χ3n) is 4.19. The standard InChI is InChI=1S/C21H15F3O4/c22-21(23,24)16-6-4-13(5-7-16)18(25)10-8-17-9-11-19(28-17)14-2-1-3-15(12-14)20(26)27/h1-7,9,11-12H,8,10H2,(H,26,27). The summed E-state index contributed by atoms with van der Waals surface area (Å²) in [6, 6.07) is 13.7. The first kappa shape index (κ1) is 19.4. The molecular weight excluding hydrogens is 373 g/mol. The van der Waals surface area contributed by atoms with Gasteiger partial charge in [-0.25, -0.2) is 4.79 Å². The smallest absolute Gasteiger partial charge is 0.416 e. The highest BCUT2D eigenvalue weighted by Crippen LogP contribution is 2.29. The molecule has 1 heterocycles. The summed E-state index contributed by atoms with van der Waals surface area (Å²) >= 11 is 0. The Morgan fingerprint density at radius 3 is 2.29 bits per heavy atom. The van der Waals surface area contributed by atoms with Crippen molar-refractivity contribution in [2.24, 2.45) is 0 Å². The Labute approximate surface area is 158 Å². The summed E-state index contributed by atoms with van der Waals surface area (Å²) in [5, 5.41) is 9.05.